The second-order valence-electron chi connectivity index (χ2n) is 6.04. The van der Waals surface area contributed by atoms with Gasteiger partial charge in [0.15, 0.2) is 0 Å². The monoisotopic (exact) mass is 344 g/mol. The third-order valence-corrected chi connectivity index (χ3v) is 4.50. The SMILES string of the molecule is CCOC(=O)CN1C2CCC1CN(c1ncc(C(F)(F)F)cn1)C2. The highest BCUT2D eigenvalue weighted by atomic mass is 19.4. The predicted octanol–water partition coefficient (Wildman–Crippen LogP) is 1.71. The molecule has 24 heavy (non-hydrogen) atoms. The Hall–Kier alpha value is -1.90. The second-order valence-corrected chi connectivity index (χ2v) is 6.04. The number of carbonyl (C=O) groups is 1. The number of piperazine rings is 1. The topological polar surface area (TPSA) is 58.6 Å². The fourth-order valence-corrected chi connectivity index (χ4v) is 3.40. The number of anilines is 1. The van der Waals surface area contributed by atoms with Gasteiger partial charge in [-0.15, -0.1) is 0 Å². The van der Waals surface area contributed by atoms with E-state index in [9.17, 15) is 18.0 Å². The Balaban J connectivity index is 1.66. The molecule has 9 heteroatoms. The molecule has 0 spiro atoms. The number of hydrogen-bond acceptors (Lipinski definition) is 6. The summed E-state index contributed by atoms with van der Waals surface area (Å²) in [5.74, 6) is 0.0596. The molecule has 2 bridgehead atoms. The molecule has 0 aliphatic carbocycles. The van der Waals surface area contributed by atoms with Crippen LogP contribution in [0.5, 0.6) is 0 Å². The van der Waals surface area contributed by atoms with E-state index in [-0.39, 0.29) is 24.6 Å². The summed E-state index contributed by atoms with van der Waals surface area (Å²) in [6, 6.07) is 0.332. The summed E-state index contributed by atoms with van der Waals surface area (Å²) >= 11 is 0. The fourth-order valence-electron chi connectivity index (χ4n) is 3.40. The molecule has 3 heterocycles. The van der Waals surface area contributed by atoms with E-state index in [4.69, 9.17) is 4.74 Å². The molecule has 2 aliphatic rings. The lowest BCUT2D eigenvalue weighted by Gasteiger charge is -2.40. The van der Waals surface area contributed by atoms with Crippen LogP contribution in [0.25, 0.3) is 0 Å². The van der Waals surface area contributed by atoms with E-state index in [0.29, 0.717) is 25.6 Å². The number of fused-ring (bicyclic) bond motifs is 2. The number of alkyl halides is 3. The van der Waals surface area contributed by atoms with E-state index < -0.39 is 11.7 Å². The zero-order valence-corrected chi connectivity index (χ0v) is 13.3. The van der Waals surface area contributed by atoms with Crippen LogP contribution in [0.15, 0.2) is 12.4 Å². The van der Waals surface area contributed by atoms with E-state index in [1.165, 1.54) is 0 Å². The Morgan fingerprint density at radius 2 is 1.83 bits per heavy atom. The number of halogens is 3. The van der Waals surface area contributed by atoms with Crippen LogP contribution in [0.4, 0.5) is 19.1 Å². The standard InChI is InChI=1S/C15H19F3N4O2/c1-2-24-13(23)9-22-11-3-4-12(22)8-21(7-11)14-19-5-10(6-20-14)15(16,17)18/h5-6,11-12H,2-4,7-9H2,1H3. The van der Waals surface area contributed by atoms with Crippen LogP contribution in [-0.4, -0.2) is 59.2 Å². The second kappa shape index (κ2) is 6.54. The zero-order chi connectivity index (χ0) is 17.3. The van der Waals surface area contributed by atoms with Gasteiger partial charge in [-0.3, -0.25) is 9.69 Å². The Kier molecular flexibility index (Phi) is 4.62. The average molecular weight is 344 g/mol. The number of hydrogen-bond donors (Lipinski definition) is 0. The van der Waals surface area contributed by atoms with Crippen LogP contribution in [0.1, 0.15) is 25.3 Å². The molecule has 132 valence electrons. The fraction of sp³-hybridized carbons (Fsp3) is 0.667. The lowest BCUT2D eigenvalue weighted by Crippen LogP contribution is -2.55. The van der Waals surface area contributed by atoms with Crippen molar-refractivity contribution in [2.24, 2.45) is 0 Å². The first kappa shape index (κ1) is 16.9. The largest absolute Gasteiger partial charge is 0.465 e. The van der Waals surface area contributed by atoms with Gasteiger partial charge in [0, 0.05) is 37.6 Å². The first-order valence-electron chi connectivity index (χ1n) is 7.94. The molecular weight excluding hydrogens is 325 g/mol. The summed E-state index contributed by atoms with van der Waals surface area (Å²) in [5.41, 5.74) is -0.852. The molecule has 0 N–H and O–H groups in total. The van der Waals surface area contributed by atoms with Crippen molar-refractivity contribution in [1.29, 1.82) is 0 Å². The first-order chi connectivity index (χ1) is 11.4. The molecule has 1 aromatic rings. The van der Waals surface area contributed by atoms with Crippen LogP contribution in [0.2, 0.25) is 0 Å². The van der Waals surface area contributed by atoms with Crippen LogP contribution >= 0.6 is 0 Å². The maximum atomic E-state index is 12.6. The maximum absolute atomic E-state index is 12.6. The Bertz CT molecular complexity index is 579. The quantitative estimate of drug-likeness (QED) is 0.775. The lowest BCUT2D eigenvalue weighted by molar-refractivity contribution is -0.145. The Morgan fingerprint density at radius 1 is 1.25 bits per heavy atom. The summed E-state index contributed by atoms with van der Waals surface area (Å²) in [7, 11) is 0. The molecule has 2 atom stereocenters. The summed E-state index contributed by atoms with van der Waals surface area (Å²) in [6.45, 7) is 3.58. The molecule has 3 rings (SSSR count). The van der Waals surface area contributed by atoms with Gasteiger partial charge in [0.25, 0.3) is 0 Å². The van der Waals surface area contributed by atoms with Gasteiger partial charge in [-0.05, 0) is 19.8 Å². The van der Waals surface area contributed by atoms with E-state index in [1.54, 1.807) is 6.92 Å². The van der Waals surface area contributed by atoms with Gasteiger partial charge in [-0.1, -0.05) is 0 Å². The van der Waals surface area contributed by atoms with Crippen molar-refractivity contribution in [2.75, 3.05) is 31.1 Å². The van der Waals surface area contributed by atoms with E-state index >= 15 is 0 Å². The number of esters is 1. The molecule has 0 amide bonds. The minimum atomic E-state index is -4.43. The molecule has 2 unspecified atom stereocenters. The van der Waals surface area contributed by atoms with Gasteiger partial charge < -0.3 is 9.64 Å². The highest BCUT2D eigenvalue weighted by Gasteiger charge is 2.41. The number of nitrogens with zero attached hydrogens (tertiary/aromatic N) is 4. The number of rotatable bonds is 4. The molecule has 0 radical (unpaired) electrons. The molecule has 0 saturated carbocycles. The van der Waals surface area contributed by atoms with E-state index in [1.807, 2.05) is 4.90 Å². The Labute approximate surface area is 137 Å². The Morgan fingerprint density at radius 3 is 2.33 bits per heavy atom. The lowest BCUT2D eigenvalue weighted by atomic mass is 10.2. The number of carbonyl (C=O) groups excluding carboxylic acids is 1. The van der Waals surface area contributed by atoms with Crippen molar-refractivity contribution in [3.05, 3.63) is 18.0 Å². The third-order valence-electron chi connectivity index (χ3n) is 4.50. The number of aromatic nitrogens is 2. The van der Waals surface area contributed by atoms with Gasteiger partial charge in [-0.2, -0.15) is 13.2 Å². The molecule has 2 aliphatic heterocycles. The van der Waals surface area contributed by atoms with Crippen LogP contribution in [-0.2, 0) is 15.7 Å². The molecule has 2 fully saturated rings. The van der Waals surface area contributed by atoms with Gasteiger partial charge >= 0.3 is 12.1 Å². The van der Waals surface area contributed by atoms with E-state index in [2.05, 4.69) is 14.9 Å². The smallest absolute Gasteiger partial charge is 0.419 e. The van der Waals surface area contributed by atoms with Crippen molar-refractivity contribution in [1.82, 2.24) is 14.9 Å². The van der Waals surface area contributed by atoms with Gasteiger partial charge in [0.2, 0.25) is 5.95 Å². The molecular formula is C15H19F3N4O2. The average Bonchev–Trinajstić information content (AvgIpc) is 2.76. The van der Waals surface area contributed by atoms with Crippen LogP contribution < -0.4 is 4.90 Å². The summed E-state index contributed by atoms with van der Waals surface area (Å²) < 4.78 is 42.8. The summed E-state index contributed by atoms with van der Waals surface area (Å²) in [4.78, 5) is 23.5. The molecule has 0 aromatic carbocycles. The van der Waals surface area contributed by atoms with Crippen LogP contribution in [0.3, 0.4) is 0 Å². The van der Waals surface area contributed by atoms with E-state index in [0.717, 1.165) is 25.2 Å². The molecule has 1 aromatic heterocycles. The van der Waals surface area contributed by atoms with Crippen molar-refractivity contribution in [3.8, 4) is 0 Å². The highest BCUT2D eigenvalue weighted by Crippen LogP contribution is 2.32. The maximum Gasteiger partial charge on any atom is 0.419 e. The summed E-state index contributed by atoms with van der Waals surface area (Å²) in [5, 5.41) is 0. The third kappa shape index (κ3) is 3.45. The van der Waals surface area contributed by atoms with Crippen molar-refractivity contribution < 1.29 is 22.7 Å². The van der Waals surface area contributed by atoms with Gasteiger partial charge in [-0.25, -0.2) is 9.97 Å². The van der Waals surface area contributed by atoms with Gasteiger partial charge in [0.1, 0.15) is 0 Å². The zero-order valence-electron chi connectivity index (χ0n) is 13.3. The van der Waals surface area contributed by atoms with Gasteiger partial charge in [0.05, 0.1) is 18.7 Å². The van der Waals surface area contributed by atoms with Crippen molar-refractivity contribution >= 4 is 11.9 Å². The molecule has 2 saturated heterocycles. The predicted molar refractivity (Wildman–Crippen MR) is 79.4 cm³/mol. The highest BCUT2D eigenvalue weighted by molar-refractivity contribution is 5.71. The minimum absolute atomic E-state index is 0.166. The number of ether oxygens (including phenoxy) is 1. The first-order valence-corrected chi connectivity index (χ1v) is 7.94. The normalized spacial score (nSPS) is 24.2. The van der Waals surface area contributed by atoms with Crippen molar-refractivity contribution in [2.45, 2.75) is 38.0 Å². The molecule has 6 nitrogen and oxygen atoms in total. The van der Waals surface area contributed by atoms with Crippen molar-refractivity contribution in [3.63, 3.8) is 0 Å². The minimum Gasteiger partial charge on any atom is -0.465 e. The summed E-state index contributed by atoms with van der Waals surface area (Å²) in [6.07, 6.45) is -0.914. The van der Waals surface area contributed by atoms with Crippen LogP contribution in [0, 0.1) is 0 Å².